The van der Waals surface area contributed by atoms with Crippen LogP contribution in [0.4, 0.5) is 0 Å². The Bertz CT molecular complexity index is 2890. The lowest BCUT2D eigenvalue weighted by Crippen LogP contribution is -2.57. The van der Waals surface area contributed by atoms with Crippen molar-refractivity contribution < 1.29 is 28.7 Å². The van der Waals surface area contributed by atoms with Gasteiger partial charge in [-0.2, -0.15) is 0 Å². The number of aliphatic imine (C=N–C) groups is 1. The third-order valence-corrected chi connectivity index (χ3v) is 14.9. The predicted molar refractivity (Wildman–Crippen MR) is 261 cm³/mol. The first kappa shape index (κ1) is 47.0. The molecule has 0 saturated carbocycles. The van der Waals surface area contributed by atoms with E-state index in [1.54, 1.807) is 33.6 Å². The van der Waals surface area contributed by atoms with Gasteiger partial charge in [0.15, 0.2) is 5.82 Å². The highest BCUT2D eigenvalue weighted by atomic mass is 32.1. The Balaban J connectivity index is 0.988. The van der Waals surface area contributed by atoms with Crippen LogP contribution >= 0.6 is 22.7 Å². The van der Waals surface area contributed by atoms with E-state index in [2.05, 4.69) is 39.7 Å². The number of nitrogens with one attached hydrogen (secondary N) is 2. The highest BCUT2D eigenvalue weighted by Gasteiger charge is 2.42. The average Bonchev–Trinajstić information content (AvgIpc) is 4.11. The number of fused-ring (bicyclic) bond motifs is 3. The van der Waals surface area contributed by atoms with Crippen LogP contribution in [0.1, 0.15) is 114 Å². The van der Waals surface area contributed by atoms with Gasteiger partial charge in [-0.15, -0.1) is 32.9 Å². The van der Waals surface area contributed by atoms with Crippen molar-refractivity contribution in [2.24, 2.45) is 10.4 Å². The number of ether oxygens (including phenoxy) is 2. The second kappa shape index (κ2) is 19.0. The van der Waals surface area contributed by atoms with E-state index in [-0.39, 0.29) is 29.8 Å². The summed E-state index contributed by atoms with van der Waals surface area (Å²) in [4.78, 5) is 68.5. The van der Waals surface area contributed by atoms with Crippen molar-refractivity contribution in [3.63, 3.8) is 0 Å². The second-order valence-corrected chi connectivity index (χ2v) is 20.3. The molecule has 2 aliphatic heterocycles. The number of methoxy groups -OCH3 is 2. The van der Waals surface area contributed by atoms with Crippen LogP contribution in [0.2, 0.25) is 0 Å². The van der Waals surface area contributed by atoms with Crippen LogP contribution in [0.5, 0.6) is 5.75 Å². The van der Waals surface area contributed by atoms with E-state index in [1.807, 2.05) is 112 Å². The number of benzene rings is 3. The van der Waals surface area contributed by atoms with Gasteiger partial charge in [-0.05, 0) is 92.8 Å². The van der Waals surface area contributed by atoms with Crippen LogP contribution in [-0.2, 0) is 19.1 Å². The van der Waals surface area contributed by atoms with Crippen molar-refractivity contribution in [3.8, 4) is 32.3 Å². The number of hydrogen-bond acceptors (Lipinski definition) is 12. The normalized spacial score (nSPS) is 16.6. The van der Waals surface area contributed by atoms with Crippen LogP contribution in [0.3, 0.4) is 0 Å². The molecule has 3 aromatic carbocycles. The molecule has 0 spiro atoms. The maximum absolute atomic E-state index is 14.4. The Kier molecular flexibility index (Phi) is 13.3. The molecule has 16 heteroatoms. The number of thiazole rings is 1. The summed E-state index contributed by atoms with van der Waals surface area (Å²) in [7, 11) is 2.87. The van der Waals surface area contributed by atoms with Gasteiger partial charge in [-0.25, -0.2) is 4.98 Å². The monoisotopic (exact) mass is 940 g/mol. The van der Waals surface area contributed by atoms with E-state index in [1.165, 1.54) is 14.2 Å². The van der Waals surface area contributed by atoms with Crippen molar-refractivity contribution in [1.82, 2.24) is 35.3 Å². The molecule has 0 bridgehead atoms. The summed E-state index contributed by atoms with van der Waals surface area (Å²) < 4.78 is 12.8. The number of nitrogens with zero attached hydrogens (tertiary/aromatic N) is 6. The molecule has 3 amide bonds. The molecule has 1 fully saturated rings. The van der Waals surface area contributed by atoms with Crippen molar-refractivity contribution in [2.45, 2.75) is 98.8 Å². The van der Waals surface area contributed by atoms with Crippen LogP contribution in [-0.4, -0.2) is 86.9 Å². The minimum absolute atomic E-state index is 0.00834. The molecular formula is C51H56N8O6S2. The number of aromatic nitrogens is 4. The van der Waals surface area contributed by atoms with E-state index in [0.29, 0.717) is 36.8 Å². The van der Waals surface area contributed by atoms with Crippen LogP contribution < -0.4 is 15.4 Å². The first-order valence-corrected chi connectivity index (χ1v) is 24.1. The summed E-state index contributed by atoms with van der Waals surface area (Å²) in [6.07, 6.45) is 1.20. The molecule has 8 rings (SSSR count). The molecule has 3 aromatic heterocycles. The SMILES string of the molecule is COC(=O)CC1N=C(c2ccc(-c3ccc(C(=O)NC(C(=O)N4CCC[C@H]4C(=O)NC(C)c4ccc(-c5scnc5C)cc4)C(C)(C)C)c(OC)c3)cc2)c2c(sc(C)c2C)-n2c(C)nnc21. The van der Waals surface area contributed by atoms with Crippen molar-refractivity contribution in [3.05, 3.63) is 122 Å². The quantitative estimate of drug-likeness (QED) is 0.114. The number of rotatable bonds is 12. The Morgan fingerprint density at radius 1 is 0.881 bits per heavy atom. The summed E-state index contributed by atoms with van der Waals surface area (Å²) in [5.74, 6) is 0.237. The molecule has 5 heterocycles. The summed E-state index contributed by atoms with van der Waals surface area (Å²) in [5.41, 5.74) is 9.77. The van der Waals surface area contributed by atoms with Crippen LogP contribution in [0.15, 0.2) is 77.2 Å². The number of thiophene rings is 1. The first-order chi connectivity index (χ1) is 32.0. The zero-order valence-electron chi connectivity index (χ0n) is 39.5. The molecule has 6 aromatic rings. The van der Waals surface area contributed by atoms with Crippen LogP contribution in [0, 0.1) is 33.1 Å². The van der Waals surface area contributed by atoms with E-state index in [4.69, 9.17) is 14.5 Å². The van der Waals surface area contributed by atoms with Gasteiger partial charge in [-0.1, -0.05) is 75.4 Å². The first-order valence-electron chi connectivity index (χ1n) is 22.4. The predicted octanol–water partition coefficient (Wildman–Crippen LogP) is 8.83. The number of carbonyl (C=O) groups excluding carboxylic acids is 4. The van der Waals surface area contributed by atoms with Crippen molar-refractivity contribution in [2.75, 3.05) is 20.8 Å². The molecule has 14 nitrogen and oxygen atoms in total. The molecule has 3 unspecified atom stereocenters. The largest absolute Gasteiger partial charge is 0.496 e. The second-order valence-electron chi connectivity index (χ2n) is 18.3. The smallest absolute Gasteiger partial charge is 0.308 e. The molecule has 2 N–H and O–H groups in total. The number of carbonyl (C=O) groups is 4. The highest BCUT2D eigenvalue weighted by molar-refractivity contribution is 7.15. The van der Waals surface area contributed by atoms with Gasteiger partial charge in [0.2, 0.25) is 11.8 Å². The third kappa shape index (κ3) is 9.29. The molecule has 67 heavy (non-hydrogen) atoms. The van der Waals surface area contributed by atoms with Gasteiger partial charge >= 0.3 is 5.97 Å². The summed E-state index contributed by atoms with van der Waals surface area (Å²) in [6, 6.07) is 18.9. The van der Waals surface area contributed by atoms with Gasteiger partial charge in [0.25, 0.3) is 5.91 Å². The van der Waals surface area contributed by atoms with E-state index >= 15 is 0 Å². The van der Waals surface area contributed by atoms with Gasteiger partial charge in [-0.3, -0.25) is 28.7 Å². The fraction of sp³-hybridized carbons (Fsp3) is 0.373. The Morgan fingerprint density at radius 2 is 1.57 bits per heavy atom. The summed E-state index contributed by atoms with van der Waals surface area (Å²) in [6.45, 7) is 16.1. The van der Waals surface area contributed by atoms with Crippen molar-refractivity contribution >= 4 is 52.1 Å². The third-order valence-electron chi connectivity index (χ3n) is 12.8. The summed E-state index contributed by atoms with van der Waals surface area (Å²) >= 11 is 3.23. The lowest BCUT2D eigenvalue weighted by atomic mass is 9.85. The number of likely N-dealkylation sites (tertiary alicyclic amines) is 1. The number of hydrogen-bond donors (Lipinski definition) is 2. The zero-order valence-corrected chi connectivity index (χ0v) is 41.1. The lowest BCUT2D eigenvalue weighted by Gasteiger charge is -2.35. The molecule has 4 atom stereocenters. The molecule has 0 aliphatic carbocycles. The average molecular weight is 941 g/mol. The van der Waals surface area contributed by atoms with Gasteiger partial charge < -0.3 is 25.0 Å². The number of amides is 3. The summed E-state index contributed by atoms with van der Waals surface area (Å²) in [5, 5.41) is 15.9. The highest BCUT2D eigenvalue weighted by Crippen LogP contribution is 2.40. The Labute approximate surface area is 398 Å². The zero-order chi connectivity index (χ0) is 47.9. The number of esters is 1. The lowest BCUT2D eigenvalue weighted by molar-refractivity contribution is -0.142. The Morgan fingerprint density at radius 3 is 2.22 bits per heavy atom. The van der Waals surface area contributed by atoms with Gasteiger partial charge in [0, 0.05) is 22.5 Å². The fourth-order valence-corrected chi connectivity index (χ4v) is 10.9. The number of aryl methyl sites for hydroxylation is 3. The van der Waals surface area contributed by atoms with Crippen LogP contribution in [0.25, 0.3) is 26.6 Å². The van der Waals surface area contributed by atoms with E-state index in [9.17, 15) is 19.2 Å². The molecule has 348 valence electrons. The molecule has 1 saturated heterocycles. The molecule has 0 radical (unpaired) electrons. The maximum Gasteiger partial charge on any atom is 0.308 e. The minimum Gasteiger partial charge on any atom is -0.496 e. The van der Waals surface area contributed by atoms with Gasteiger partial charge in [0.05, 0.1) is 54.0 Å². The van der Waals surface area contributed by atoms with Gasteiger partial charge in [0.1, 0.15) is 34.7 Å². The Hall–Kier alpha value is -6.52. The maximum atomic E-state index is 14.4. The van der Waals surface area contributed by atoms with Crippen molar-refractivity contribution in [1.29, 1.82) is 0 Å². The fourth-order valence-electron chi connectivity index (χ4n) is 8.87. The van der Waals surface area contributed by atoms with E-state index < -0.39 is 35.4 Å². The minimum atomic E-state index is -0.930. The topological polar surface area (TPSA) is 170 Å². The van der Waals surface area contributed by atoms with E-state index in [0.717, 1.165) is 65.1 Å². The standard InChI is InChI=1S/C51H56N8O6S2/c1-27-30(4)67-50-42(27)43(54-38(25-41(60)65-10)46-57-56-31(5)59(46)50)34-17-15-33(16-18-34)36-21-22-37(40(24-36)64-9)47(61)55-45(51(6,7)8)49(63)58-23-11-12-39(58)48(62)53-28(2)32-13-19-35(20-14-32)44-29(3)52-26-66-44/h13-22,24,26,28,38-39,45H,11-12,23,25H2,1-10H3,(H,53,62)(H,55,61)/t28?,38?,39-,45?/m0/s1. The molecule has 2 aliphatic rings. The molecular weight excluding hydrogens is 885 g/mol.